The minimum Gasteiger partial charge on any atom is -0.444 e. The summed E-state index contributed by atoms with van der Waals surface area (Å²) in [6, 6.07) is 4.76. The van der Waals surface area contributed by atoms with Crippen LogP contribution in [0.15, 0.2) is 18.2 Å². The number of carbonyl (C=O) groups excluding carboxylic acids is 1. The van der Waals surface area contributed by atoms with Gasteiger partial charge in [0.25, 0.3) is 0 Å². The summed E-state index contributed by atoms with van der Waals surface area (Å²) in [5.41, 5.74) is -0.251. The van der Waals surface area contributed by atoms with Gasteiger partial charge >= 0.3 is 6.09 Å². The van der Waals surface area contributed by atoms with Crippen molar-refractivity contribution in [2.45, 2.75) is 44.6 Å². The van der Waals surface area contributed by atoms with Crippen molar-refractivity contribution in [1.82, 2.24) is 4.90 Å². The van der Waals surface area contributed by atoms with Gasteiger partial charge in [-0.1, -0.05) is 17.7 Å². The fourth-order valence-electron chi connectivity index (χ4n) is 3.95. The number of ether oxygens (including phenoxy) is 1. The van der Waals surface area contributed by atoms with Crippen LogP contribution in [0.3, 0.4) is 0 Å². The number of hydrogen-bond donors (Lipinski definition) is 1. The Morgan fingerprint density at radius 2 is 2.17 bits per heavy atom. The molecular formula is C18H23ClFNO3. The zero-order valence-corrected chi connectivity index (χ0v) is 15.0. The highest BCUT2D eigenvalue weighted by Crippen LogP contribution is 2.68. The van der Waals surface area contributed by atoms with Gasteiger partial charge in [-0.2, -0.15) is 0 Å². The molecule has 2 atom stereocenters. The highest BCUT2D eigenvalue weighted by atomic mass is 35.5. The van der Waals surface area contributed by atoms with Crippen LogP contribution in [0, 0.1) is 11.2 Å². The van der Waals surface area contributed by atoms with Crippen molar-refractivity contribution in [2.24, 2.45) is 5.41 Å². The lowest BCUT2D eigenvalue weighted by atomic mass is 9.80. The van der Waals surface area contributed by atoms with E-state index in [1.807, 2.05) is 20.8 Å². The summed E-state index contributed by atoms with van der Waals surface area (Å²) >= 11 is 5.93. The van der Waals surface area contributed by atoms with Gasteiger partial charge in [0.15, 0.2) is 0 Å². The first-order chi connectivity index (χ1) is 11.1. The molecule has 1 heterocycles. The lowest BCUT2D eigenvalue weighted by molar-refractivity contribution is 0.00891. The zero-order chi connectivity index (χ0) is 17.8. The number of nitrogens with zero attached hydrogens (tertiary/aromatic N) is 1. The van der Waals surface area contributed by atoms with Crippen molar-refractivity contribution in [1.29, 1.82) is 0 Å². The highest BCUT2D eigenvalue weighted by Gasteiger charge is 2.70. The van der Waals surface area contributed by atoms with Crippen LogP contribution < -0.4 is 0 Å². The van der Waals surface area contributed by atoms with Gasteiger partial charge in [0.2, 0.25) is 0 Å². The molecule has 1 saturated carbocycles. The summed E-state index contributed by atoms with van der Waals surface area (Å²) in [6.07, 6.45) is 1.11. The van der Waals surface area contributed by atoms with Crippen LogP contribution in [0.1, 0.15) is 39.2 Å². The molecule has 132 valence electrons. The standard InChI is InChI=1S/C18H23ClFNO3/c1-16(2,3)24-15(23)21-7-6-18(9-17(18,10-21)11-22)12-4-5-14(20)13(19)8-12/h4-5,8,22H,6-7,9-11H2,1-3H3/t17-,18-/m1/s1. The van der Waals surface area contributed by atoms with Crippen molar-refractivity contribution >= 4 is 17.7 Å². The molecule has 1 N–H and O–H groups in total. The molecule has 6 heteroatoms. The molecule has 1 aromatic rings. The van der Waals surface area contributed by atoms with Gasteiger partial charge in [-0.3, -0.25) is 0 Å². The van der Waals surface area contributed by atoms with Gasteiger partial charge in [-0.25, -0.2) is 9.18 Å². The van der Waals surface area contributed by atoms with Crippen LogP contribution in [0.25, 0.3) is 0 Å². The van der Waals surface area contributed by atoms with Crippen molar-refractivity contribution in [3.05, 3.63) is 34.6 Å². The maximum absolute atomic E-state index is 13.5. The van der Waals surface area contributed by atoms with Gasteiger partial charge in [0, 0.05) is 23.9 Å². The molecule has 0 aromatic heterocycles. The second-order valence-corrected chi connectivity index (χ2v) is 8.39. The van der Waals surface area contributed by atoms with E-state index in [0.29, 0.717) is 19.5 Å². The third kappa shape index (κ3) is 2.78. The van der Waals surface area contributed by atoms with Gasteiger partial charge < -0.3 is 14.7 Å². The predicted molar refractivity (Wildman–Crippen MR) is 89.6 cm³/mol. The third-order valence-electron chi connectivity index (χ3n) is 5.26. The fourth-order valence-corrected chi connectivity index (χ4v) is 4.13. The Morgan fingerprint density at radius 1 is 1.46 bits per heavy atom. The molecule has 0 bridgehead atoms. The van der Waals surface area contributed by atoms with Crippen LogP contribution in [0.5, 0.6) is 0 Å². The lowest BCUT2D eigenvalue weighted by Crippen LogP contribution is -2.48. The zero-order valence-electron chi connectivity index (χ0n) is 14.2. The topological polar surface area (TPSA) is 49.8 Å². The molecule has 1 amide bonds. The van der Waals surface area contributed by atoms with Gasteiger partial charge in [-0.15, -0.1) is 0 Å². The molecular weight excluding hydrogens is 333 g/mol. The molecule has 1 aliphatic carbocycles. The SMILES string of the molecule is CC(C)(C)OC(=O)N1CC[C@]2(c3ccc(F)c(Cl)c3)C[C@]2(CO)C1. The number of halogens is 2. The molecule has 24 heavy (non-hydrogen) atoms. The number of aliphatic hydroxyl groups is 1. The second kappa shape index (κ2) is 5.60. The summed E-state index contributed by atoms with van der Waals surface area (Å²) in [5.74, 6) is -0.446. The Morgan fingerprint density at radius 3 is 2.75 bits per heavy atom. The molecule has 4 nitrogen and oxygen atoms in total. The smallest absolute Gasteiger partial charge is 0.410 e. The molecule has 0 radical (unpaired) electrons. The number of benzene rings is 1. The maximum Gasteiger partial charge on any atom is 0.410 e. The normalized spacial score (nSPS) is 29.2. The molecule has 0 spiro atoms. The average Bonchev–Trinajstić information content (AvgIpc) is 3.18. The largest absolute Gasteiger partial charge is 0.444 e. The fraction of sp³-hybridized carbons (Fsp3) is 0.611. The van der Waals surface area contributed by atoms with Crippen molar-refractivity contribution in [3.8, 4) is 0 Å². The number of piperidine rings is 1. The monoisotopic (exact) mass is 355 g/mol. The van der Waals surface area contributed by atoms with E-state index in [1.165, 1.54) is 6.07 Å². The number of carbonyl (C=O) groups is 1. The first-order valence-electron chi connectivity index (χ1n) is 8.17. The van der Waals surface area contributed by atoms with E-state index in [0.717, 1.165) is 12.0 Å². The van der Waals surface area contributed by atoms with E-state index in [2.05, 4.69) is 0 Å². The van der Waals surface area contributed by atoms with Crippen LogP contribution in [-0.4, -0.2) is 41.4 Å². The Balaban J connectivity index is 1.81. The number of hydrogen-bond acceptors (Lipinski definition) is 3. The van der Waals surface area contributed by atoms with E-state index < -0.39 is 16.8 Å². The molecule has 2 fully saturated rings. The van der Waals surface area contributed by atoms with E-state index >= 15 is 0 Å². The number of amides is 1. The second-order valence-electron chi connectivity index (χ2n) is 7.98. The highest BCUT2D eigenvalue weighted by molar-refractivity contribution is 6.30. The molecule has 1 aliphatic heterocycles. The molecule has 2 aliphatic rings. The van der Waals surface area contributed by atoms with E-state index in [4.69, 9.17) is 16.3 Å². The molecule has 3 rings (SSSR count). The summed E-state index contributed by atoms with van der Waals surface area (Å²) in [4.78, 5) is 14.0. The summed E-state index contributed by atoms with van der Waals surface area (Å²) in [5, 5.41) is 10.1. The van der Waals surface area contributed by atoms with Crippen molar-refractivity contribution in [3.63, 3.8) is 0 Å². The molecule has 1 aromatic carbocycles. The lowest BCUT2D eigenvalue weighted by Gasteiger charge is -2.38. The van der Waals surface area contributed by atoms with Gasteiger partial charge in [0.05, 0.1) is 11.6 Å². The average molecular weight is 356 g/mol. The van der Waals surface area contributed by atoms with Gasteiger partial charge in [0.1, 0.15) is 11.4 Å². The molecule has 1 saturated heterocycles. The minimum atomic E-state index is -0.550. The first kappa shape index (κ1) is 17.5. The number of likely N-dealkylation sites (tertiary alicyclic amines) is 1. The Hall–Kier alpha value is -1.33. The number of fused-ring (bicyclic) bond motifs is 1. The van der Waals surface area contributed by atoms with Crippen LogP contribution in [0.4, 0.5) is 9.18 Å². The van der Waals surface area contributed by atoms with Crippen molar-refractivity contribution in [2.75, 3.05) is 19.7 Å². The van der Waals surface area contributed by atoms with E-state index in [-0.39, 0.29) is 23.1 Å². The first-order valence-corrected chi connectivity index (χ1v) is 8.55. The third-order valence-corrected chi connectivity index (χ3v) is 5.55. The Labute approximate surface area is 146 Å². The Bertz CT molecular complexity index is 675. The summed E-state index contributed by atoms with van der Waals surface area (Å²) in [6.45, 7) is 6.45. The quantitative estimate of drug-likeness (QED) is 0.879. The maximum atomic E-state index is 13.5. The Kier molecular flexibility index (Phi) is 4.08. The summed E-state index contributed by atoms with van der Waals surface area (Å²) < 4.78 is 18.9. The van der Waals surface area contributed by atoms with Crippen molar-refractivity contribution < 1.29 is 19.0 Å². The predicted octanol–water partition coefficient (Wildman–Crippen LogP) is 3.74. The van der Waals surface area contributed by atoms with Gasteiger partial charge in [-0.05, 0) is 51.3 Å². The van der Waals surface area contributed by atoms with Crippen LogP contribution >= 0.6 is 11.6 Å². The molecule has 0 unspecified atom stereocenters. The number of rotatable bonds is 2. The number of aliphatic hydroxyl groups excluding tert-OH is 1. The van der Waals surface area contributed by atoms with Crippen LogP contribution in [-0.2, 0) is 10.2 Å². The van der Waals surface area contributed by atoms with E-state index in [1.54, 1.807) is 17.0 Å². The summed E-state index contributed by atoms with van der Waals surface area (Å²) in [7, 11) is 0. The minimum absolute atomic E-state index is 0.0265. The van der Waals surface area contributed by atoms with Crippen LogP contribution in [0.2, 0.25) is 5.02 Å². The van der Waals surface area contributed by atoms with E-state index in [9.17, 15) is 14.3 Å².